The van der Waals surface area contributed by atoms with E-state index in [0.717, 1.165) is 32.2 Å². The molecule has 0 bridgehead atoms. The molecule has 1 saturated carbocycles. The van der Waals surface area contributed by atoms with Crippen molar-refractivity contribution in [3.8, 4) is 0 Å². The molecule has 1 aliphatic rings. The molecule has 120 valence electrons. The quantitative estimate of drug-likeness (QED) is 0.801. The molecule has 1 fully saturated rings. The maximum absolute atomic E-state index is 12.8. The number of rotatable bonds is 6. The first kappa shape index (κ1) is 17.8. The lowest BCUT2D eigenvalue weighted by atomic mass is 9.82. The molecule has 1 N–H and O–H groups in total. The van der Waals surface area contributed by atoms with Crippen LogP contribution in [0.25, 0.3) is 0 Å². The van der Waals surface area contributed by atoms with Crippen LogP contribution in [-0.4, -0.2) is 42.3 Å². The predicted molar refractivity (Wildman–Crippen MR) is 76.8 cm³/mol. The molecule has 1 aliphatic carbocycles. The molecule has 0 spiro atoms. The number of hydrogen-bond acceptors (Lipinski definition) is 2. The van der Waals surface area contributed by atoms with E-state index in [1.54, 1.807) is 4.90 Å². The van der Waals surface area contributed by atoms with E-state index in [1.165, 1.54) is 0 Å². The van der Waals surface area contributed by atoms with Gasteiger partial charge >= 0.3 is 6.18 Å². The van der Waals surface area contributed by atoms with Crippen LogP contribution >= 0.6 is 0 Å². The average molecular weight is 294 g/mol. The van der Waals surface area contributed by atoms with Crippen molar-refractivity contribution in [1.82, 2.24) is 10.2 Å². The molecule has 0 aromatic heterocycles. The van der Waals surface area contributed by atoms with Crippen LogP contribution in [0.2, 0.25) is 0 Å². The molecule has 3 unspecified atom stereocenters. The van der Waals surface area contributed by atoms with E-state index < -0.39 is 12.7 Å². The largest absolute Gasteiger partial charge is 0.401 e. The highest BCUT2D eigenvalue weighted by Gasteiger charge is 2.39. The Morgan fingerprint density at radius 2 is 1.90 bits per heavy atom. The molecule has 0 aromatic rings. The lowest BCUT2D eigenvalue weighted by molar-refractivity contribution is -0.158. The van der Waals surface area contributed by atoms with Gasteiger partial charge in [-0.3, -0.25) is 4.90 Å². The molecule has 3 atom stereocenters. The number of hydrogen-bond donors (Lipinski definition) is 1. The minimum absolute atomic E-state index is 0.00748. The molecule has 0 aliphatic heterocycles. The van der Waals surface area contributed by atoms with Crippen molar-refractivity contribution < 1.29 is 13.2 Å². The minimum atomic E-state index is -4.12. The summed E-state index contributed by atoms with van der Waals surface area (Å²) in [6, 6.07) is 0.0978. The van der Waals surface area contributed by atoms with E-state index in [9.17, 15) is 13.2 Å². The third-order valence-electron chi connectivity index (χ3n) is 4.19. The molecule has 0 aromatic carbocycles. The topological polar surface area (TPSA) is 15.3 Å². The summed E-state index contributed by atoms with van der Waals surface area (Å²) in [6.45, 7) is 8.04. The summed E-state index contributed by atoms with van der Waals surface area (Å²) in [5, 5.41) is 3.45. The number of halogens is 3. The van der Waals surface area contributed by atoms with Crippen molar-refractivity contribution in [1.29, 1.82) is 0 Å². The summed E-state index contributed by atoms with van der Waals surface area (Å²) in [4.78, 5) is 1.64. The maximum atomic E-state index is 12.8. The standard InChI is InChI=1S/C15H29F3N2/c1-5-8-19-13-7-6-12(4)9-14(13)20(11(2)3)10-15(16,17)18/h11-14,19H,5-10H2,1-4H3. The lowest BCUT2D eigenvalue weighted by Crippen LogP contribution is -2.57. The molecule has 5 heteroatoms. The summed E-state index contributed by atoms with van der Waals surface area (Å²) in [6.07, 6.45) is -0.168. The third-order valence-corrected chi connectivity index (χ3v) is 4.19. The highest BCUT2D eigenvalue weighted by Crippen LogP contribution is 2.31. The monoisotopic (exact) mass is 294 g/mol. The Morgan fingerprint density at radius 3 is 2.40 bits per heavy atom. The van der Waals surface area contributed by atoms with Gasteiger partial charge in [0.15, 0.2) is 0 Å². The fraction of sp³-hybridized carbons (Fsp3) is 1.00. The van der Waals surface area contributed by atoms with Gasteiger partial charge < -0.3 is 5.32 Å². The van der Waals surface area contributed by atoms with E-state index in [4.69, 9.17) is 0 Å². The molecule has 0 radical (unpaired) electrons. The van der Waals surface area contributed by atoms with Crippen LogP contribution in [-0.2, 0) is 0 Å². The number of alkyl halides is 3. The van der Waals surface area contributed by atoms with Gasteiger partial charge in [-0.25, -0.2) is 0 Å². The highest BCUT2D eigenvalue weighted by molar-refractivity contribution is 4.92. The van der Waals surface area contributed by atoms with Gasteiger partial charge in [0, 0.05) is 18.1 Å². The van der Waals surface area contributed by atoms with Gasteiger partial charge in [0.25, 0.3) is 0 Å². The second-order valence-corrected chi connectivity index (χ2v) is 6.43. The van der Waals surface area contributed by atoms with Crippen LogP contribution in [0, 0.1) is 5.92 Å². The van der Waals surface area contributed by atoms with Crippen LogP contribution in [0.5, 0.6) is 0 Å². The summed E-state index contributed by atoms with van der Waals surface area (Å²) >= 11 is 0. The maximum Gasteiger partial charge on any atom is 0.401 e. The van der Waals surface area contributed by atoms with Crippen molar-refractivity contribution in [2.24, 2.45) is 5.92 Å². The number of nitrogens with zero attached hydrogens (tertiary/aromatic N) is 1. The fourth-order valence-electron chi connectivity index (χ4n) is 3.17. The Hall–Kier alpha value is -0.290. The Morgan fingerprint density at radius 1 is 1.25 bits per heavy atom. The first-order valence-electron chi connectivity index (χ1n) is 7.80. The van der Waals surface area contributed by atoms with Crippen LogP contribution in [0.15, 0.2) is 0 Å². The molecule has 0 saturated heterocycles. The van der Waals surface area contributed by atoms with Gasteiger partial charge in [-0.05, 0) is 52.0 Å². The zero-order chi connectivity index (χ0) is 15.3. The Kier molecular flexibility index (Phi) is 6.79. The second-order valence-electron chi connectivity index (χ2n) is 6.43. The molecule has 0 heterocycles. The fourth-order valence-corrected chi connectivity index (χ4v) is 3.17. The van der Waals surface area contributed by atoms with Crippen molar-refractivity contribution >= 4 is 0 Å². The molecular weight excluding hydrogens is 265 g/mol. The summed E-state index contributed by atoms with van der Waals surface area (Å²) in [7, 11) is 0. The molecule has 2 nitrogen and oxygen atoms in total. The smallest absolute Gasteiger partial charge is 0.312 e. The van der Waals surface area contributed by atoms with Crippen molar-refractivity contribution in [2.75, 3.05) is 13.1 Å². The van der Waals surface area contributed by atoms with E-state index in [0.29, 0.717) is 5.92 Å². The van der Waals surface area contributed by atoms with Gasteiger partial charge in [-0.2, -0.15) is 13.2 Å². The van der Waals surface area contributed by atoms with E-state index in [1.807, 2.05) is 13.8 Å². The lowest BCUT2D eigenvalue weighted by Gasteiger charge is -2.44. The molecule has 0 amide bonds. The Labute approximate surface area is 121 Å². The first-order valence-corrected chi connectivity index (χ1v) is 7.80. The van der Waals surface area contributed by atoms with Crippen molar-refractivity contribution in [2.45, 2.75) is 77.7 Å². The normalized spacial score (nSPS) is 28.4. The van der Waals surface area contributed by atoms with Crippen LogP contribution in [0.4, 0.5) is 13.2 Å². The third kappa shape index (κ3) is 5.60. The van der Waals surface area contributed by atoms with Gasteiger partial charge in [0.05, 0.1) is 6.54 Å². The molecule has 20 heavy (non-hydrogen) atoms. The predicted octanol–water partition coefficient (Wildman–Crippen LogP) is 3.82. The van der Waals surface area contributed by atoms with Gasteiger partial charge in [0.2, 0.25) is 0 Å². The van der Waals surface area contributed by atoms with Crippen LogP contribution in [0.1, 0.15) is 53.4 Å². The SMILES string of the molecule is CCCNC1CCC(C)CC1N(CC(F)(F)F)C(C)C. The Bertz CT molecular complexity index is 277. The van der Waals surface area contributed by atoms with Crippen LogP contribution < -0.4 is 5.32 Å². The number of nitrogens with one attached hydrogen (secondary N) is 1. The summed E-state index contributed by atoms with van der Waals surface area (Å²) in [5.74, 6) is 0.508. The van der Waals surface area contributed by atoms with E-state index in [-0.39, 0.29) is 18.1 Å². The first-order chi connectivity index (χ1) is 9.24. The van der Waals surface area contributed by atoms with Crippen LogP contribution in [0.3, 0.4) is 0 Å². The summed E-state index contributed by atoms with van der Waals surface area (Å²) < 4.78 is 38.5. The van der Waals surface area contributed by atoms with Gasteiger partial charge in [-0.1, -0.05) is 13.8 Å². The van der Waals surface area contributed by atoms with Gasteiger partial charge in [0.1, 0.15) is 0 Å². The van der Waals surface area contributed by atoms with Gasteiger partial charge in [-0.15, -0.1) is 0 Å². The highest BCUT2D eigenvalue weighted by atomic mass is 19.4. The summed E-state index contributed by atoms with van der Waals surface area (Å²) in [5.41, 5.74) is 0. The minimum Gasteiger partial charge on any atom is -0.312 e. The molecule has 1 rings (SSSR count). The molecular formula is C15H29F3N2. The average Bonchev–Trinajstić information content (AvgIpc) is 2.33. The van der Waals surface area contributed by atoms with Crippen molar-refractivity contribution in [3.05, 3.63) is 0 Å². The zero-order valence-corrected chi connectivity index (χ0v) is 13.1. The second kappa shape index (κ2) is 7.64. The zero-order valence-electron chi connectivity index (χ0n) is 13.1. The van der Waals surface area contributed by atoms with E-state index >= 15 is 0 Å². The Balaban J connectivity index is 2.80. The van der Waals surface area contributed by atoms with Crippen molar-refractivity contribution in [3.63, 3.8) is 0 Å². The van der Waals surface area contributed by atoms with E-state index in [2.05, 4.69) is 19.2 Å².